The van der Waals surface area contributed by atoms with E-state index in [0.29, 0.717) is 37.6 Å². The van der Waals surface area contributed by atoms with E-state index in [1.807, 2.05) is 0 Å². The summed E-state index contributed by atoms with van der Waals surface area (Å²) in [6.07, 6.45) is 15.4. The van der Waals surface area contributed by atoms with Crippen molar-refractivity contribution in [3.05, 3.63) is 0 Å². The quantitative estimate of drug-likeness (QED) is 0.105. The van der Waals surface area contributed by atoms with Crippen molar-refractivity contribution in [2.45, 2.75) is 104 Å². The van der Waals surface area contributed by atoms with Gasteiger partial charge in [0.15, 0.2) is 0 Å². The van der Waals surface area contributed by atoms with Crippen molar-refractivity contribution in [2.75, 3.05) is 24.7 Å². The summed E-state index contributed by atoms with van der Waals surface area (Å²) in [7, 11) is 0. The van der Waals surface area contributed by atoms with Crippen LogP contribution < -0.4 is 0 Å². The normalized spacial score (nSPS) is 9.79. The SMILES string of the molecule is CCCCCCCCOC(=O)CC[S-].CCCCCCCCOC(=O)CC[S-].[Zn+2]. The van der Waals surface area contributed by atoms with E-state index in [2.05, 4.69) is 39.1 Å². The summed E-state index contributed by atoms with van der Waals surface area (Å²) in [5.41, 5.74) is 0. The number of esters is 2. The van der Waals surface area contributed by atoms with Gasteiger partial charge in [-0.15, -0.1) is 0 Å². The zero-order chi connectivity index (χ0) is 21.3. The molecule has 0 atom stereocenters. The number of ether oxygens (including phenoxy) is 2. The summed E-state index contributed by atoms with van der Waals surface area (Å²) >= 11 is 9.35. The molecule has 0 rings (SSSR count). The van der Waals surface area contributed by atoms with Crippen LogP contribution in [0.3, 0.4) is 0 Å². The Balaban J connectivity index is -0.000000451. The van der Waals surface area contributed by atoms with Crippen LogP contribution in [0, 0.1) is 0 Å². The number of carbonyl (C=O) groups excluding carboxylic acids is 2. The van der Waals surface area contributed by atoms with E-state index in [1.165, 1.54) is 64.2 Å². The van der Waals surface area contributed by atoms with Gasteiger partial charge < -0.3 is 34.7 Å². The summed E-state index contributed by atoms with van der Waals surface area (Å²) in [5.74, 6) is 0.645. The molecule has 0 aliphatic heterocycles. The summed E-state index contributed by atoms with van der Waals surface area (Å²) in [4.78, 5) is 21.8. The van der Waals surface area contributed by atoms with Gasteiger partial charge in [-0.1, -0.05) is 78.1 Å². The van der Waals surface area contributed by atoms with Crippen molar-refractivity contribution in [3.8, 4) is 0 Å². The standard InChI is InChI=1S/2C11H22O2S.Zn/c2*1-2-3-4-5-6-7-9-13-11(12)8-10-14;/h2*14H,2-10H2,1H3;/q;;+2/p-2. The summed E-state index contributed by atoms with van der Waals surface area (Å²) in [5, 5.41) is 0. The average molecular weight is 500 g/mol. The van der Waals surface area contributed by atoms with Crippen molar-refractivity contribution in [3.63, 3.8) is 0 Å². The van der Waals surface area contributed by atoms with Crippen LogP contribution >= 0.6 is 0 Å². The average Bonchev–Trinajstić information content (AvgIpc) is 2.67. The fraction of sp³-hybridized carbons (Fsp3) is 0.909. The number of carbonyl (C=O) groups is 2. The maximum absolute atomic E-state index is 10.9. The van der Waals surface area contributed by atoms with E-state index in [1.54, 1.807) is 0 Å². The molecule has 0 spiro atoms. The second kappa shape index (κ2) is 30.5. The molecule has 0 aliphatic rings. The number of rotatable bonds is 18. The topological polar surface area (TPSA) is 52.6 Å². The summed E-state index contributed by atoms with van der Waals surface area (Å²) in [6.45, 7) is 5.55. The fourth-order valence-corrected chi connectivity index (χ4v) is 2.78. The molecule has 0 aromatic carbocycles. The zero-order valence-corrected chi connectivity index (χ0v) is 23.5. The van der Waals surface area contributed by atoms with Crippen LogP contribution in [0.25, 0.3) is 0 Å². The third kappa shape index (κ3) is 33.1. The predicted octanol–water partition coefficient (Wildman–Crippen LogP) is 5.65. The fourth-order valence-electron chi connectivity index (χ4n) is 2.45. The zero-order valence-electron chi connectivity index (χ0n) is 18.9. The minimum absolute atomic E-state index is 0. The Bertz CT molecular complexity index is 313. The maximum Gasteiger partial charge on any atom is 2.00 e. The molecule has 0 aromatic heterocycles. The molecule has 0 bridgehead atoms. The van der Waals surface area contributed by atoms with E-state index in [0.717, 1.165) is 12.8 Å². The summed E-state index contributed by atoms with van der Waals surface area (Å²) in [6, 6.07) is 0. The van der Waals surface area contributed by atoms with Crippen molar-refractivity contribution in [2.24, 2.45) is 0 Å². The smallest absolute Gasteiger partial charge is 0.792 e. The van der Waals surface area contributed by atoms with Gasteiger partial charge in [-0.25, -0.2) is 0 Å². The second-order valence-corrected chi connectivity index (χ2v) is 7.70. The third-order valence-electron chi connectivity index (χ3n) is 4.13. The minimum Gasteiger partial charge on any atom is -0.792 e. The van der Waals surface area contributed by atoms with Gasteiger partial charge in [-0.05, 0) is 12.8 Å². The second-order valence-electron chi connectivity index (χ2n) is 6.88. The van der Waals surface area contributed by atoms with Crippen molar-refractivity contribution < 1.29 is 38.5 Å². The molecule has 0 N–H and O–H groups in total. The van der Waals surface area contributed by atoms with Crippen LogP contribution in [0.1, 0.15) is 104 Å². The Hall–Kier alpha value is 0.263. The van der Waals surface area contributed by atoms with E-state index in [-0.39, 0.29) is 31.4 Å². The van der Waals surface area contributed by atoms with E-state index < -0.39 is 0 Å². The molecular formula is C22H42O4S2Zn. The van der Waals surface area contributed by atoms with Gasteiger partial charge in [0, 0.05) is 12.8 Å². The first-order valence-electron chi connectivity index (χ1n) is 11.1. The number of hydrogen-bond donors (Lipinski definition) is 0. The molecule has 0 saturated heterocycles. The van der Waals surface area contributed by atoms with Crippen LogP contribution in [0.4, 0.5) is 0 Å². The van der Waals surface area contributed by atoms with Gasteiger partial charge in [-0.3, -0.25) is 9.59 Å². The Morgan fingerprint density at radius 3 is 1.21 bits per heavy atom. The molecule has 0 radical (unpaired) electrons. The molecule has 0 amide bonds. The third-order valence-corrected chi connectivity index (χ3v) is 4.54. The van der Waals surface area contributed by atoms with E-state index in [9.17, 15) is 9.59 Å². The first-order chi connectivity index (χ1) is 13.6. The van der Waals surface area contributed by atoms with Crippen LogP contribution in [0.2, 0.25) is 0 Å². The van der Waals surface area contributed by atoms with Gasteiger partial charge >= 0.3 is 31.4 Å². The van der Waals surface area contributed by atoms with Gasteiger partial charge in [0.1, 0.15) is 0 Å². The van der Waals surface area contributed by atoms with Crippen molar-refractivity contribution >= 4 is 37.2 Å². The molecule has 0 aliphatic carbocycles. The van der Waals surface area contributed by atoms with E-state index in [4.69, 9.17) is 9.47 Å². The van der Waals surface area contributed by atoms with Gasteiger partial charge in [0.05, 0.1) is 13.2 Å². The number of hydrogen-bond acceptors (Lipinski definition) is 6. The van der Waals surface area contributed by atoms with Crippen molar-refractivity contribution in [1.29, 1.82) is 0 Å². The van der Waals surface area contributed by atoms with Crippen molar-refractivity contribution in [1.82, 2.24) is 0 Å². The minimum atomic E-state index is -0.145. The Labute approximate surface area is 203 Å². The predicted molar refractivity (Wildman–Crippen MR) is 122 cm³/mol. The van der Waals surface area contributed by atoms with Crippen LogP contribution in [0.5, 0.6) is 0 Å². The largest absolute Gasteiger partial charge is 2.00 e. The Morgan fingerprint density at radius 1 is 0.586 bits per heavy atom. The molecule has 168 valence electrons. The first kappa shape index (κ1) is 33.9. The molecule has 0 aromatic rings. The maximum atomic E-state index is 10.9. The first-order valence-corrected chi connectivity index (χ1v) is 12.2. The van der Waals surface area contributed by atoms with Gasteiger partial charge in [0.25, 0.3) is 0 Å². The molecule has 0 fully saturated rings. The van der Waals surface area contributed by atoms with Gasteiger partial charge in [0.2, 0.25) is 0 Å². The van der Waals surface area contributed by atoms with Crippen LogP contribution in [0.15, 0.2) is 0 Å². The Kier molecular flexibility index (Phi) is 35.6. The molecule has 0 heterocycles. The monoisotopic (exact) mass is 498 g/mol. The molecule has 0 saturated carbocycles. The summed E-state index contributed by atoms with van der Waals surface area (Å²) < 4.78 is 9.97. The van der Waals surface area contributed by atoms with Gasteiger partial charge in [-0.2, -0.15) is 11.5 Å². The molecule has 0 unspecified atom stereocenters. The Morgan fingerprint density at radius 2 is 0.897 bits per heavy atom. The molecule has 4 nitrogen and oxygen atoms in total. The molecule has 29 heavy (non-hydrogen) atoms. The van der Waals surface area contributed by atoms with Crippen LogP contribution in [-0.4, -0.2) is 36.7 Å². The number of unbranched alkanes of at least 4 members (excludes halogenated alkanes) is 10. The molecular weight excluding hydrogens is 458 g/mol. The van der Waals surface area contributed by atoms with E-state index >= 15 is 0 Å². The molecule has 7 heteroatoms. The van der Waals surface area contributed by atoms with Crippen LogP contribution in [-0.2, 0) is 63.8 Å².